The minimum Gasteiger partial charge on any atom is -0.508 e. The molecule has 0 bridgehead atoms. The SMILES string of the molecule is CCCC(=Cc1ccc(O)cc1)c1ccc2c(c1)C(C)(C)CCC2(C)C. The van der Waals surface area contributed by atoms with Gasteiger partial charge in [0, 0.05) is 0 Å². The highest BCUT2D eigenvalue weighted by Gasteiger charge is 2.36. The molecule has 0 aliphatic heterocycles. The van der Waals surface area contributed by atoms with Crippen molar-refractivity contribution in [3.63, 3.8) is 0 Å². The van der Waals surface area contributed by atoms with Crippen LogP contribution in [-0.4, -0.2) is 5.11 Å². The van der Waals surface area contributed by atoms with Gasteiger partial charge in [0.1, 0.15) is 5.75 Å². The zero-order chi connectivity index (χ0) is 18.9. The number of rotatable bonds is 4. The molecule has 0 radical (unpaired) electrons. The first kappa shape index (κ1) is 18.8. The van der Waals surface area contributed by atoms with Crippen LogP contribution in [0.25, 0.3) is 11.6 Å². The van der Waals surface area contributed by atoms with Crippen molar-refractivity contribution >= 4 is 11.6 Å². The van der Waals surface area contributed by atoms with Crippen molar-refractivity contribution in [2.75, 3.05) is 0 Å². The third-order valence-corrected chi connectivity index (χ3v) is 5.98. The van der Waals surface area contributed by atoms with Crippen LogP contribution in [0, 0.1) is 0 Å². The summed E-state index contributed by atoms with van der Waals surface area (Å²) in [5.41, 5.74) is 7.37. The third kappa shape index (κ3) is 3.72. The number of allylic oxidation sites excluding steroid dienone is 1. The molecular weight excluding hydrogens is 316 g/mol. The van der Waals surface area contributed by atoms with Crippen LogP contribution in [0.1, 0.15) is 82.6 Å². The van der Waals surface area contributed by atoms with E-state index < -0.39 is 0 Å². The van der Waals surface area contributed by atoms with Gasteiger partial charge >= 0.3 is 0 Å². The fraction of sp³-hybridized carbons (Fsp3) is 0.440. The fourth-order valence-electron chi connectivity index (χ4n) is 4.13. The molecule has 0 amide bonds. The standard InChI is InChI=1S/C25H32O/c1-6-7-19(16-18-8-11-21(26)12-9-18)20-10-13-22-23(17-20)25(4,5)15-14-24(22,2)3/h8-13,16-17,26H,6-7,14-15H2,1-5H3. The van der Waals surface area contributed by atoms with E-state index in [1.165, 1.54) is 35.1 Å². The first-order valence-corrected chi connectivity index (χ1v) is 9.88. The van der Waals surface area contributed by atoms with E-state index in [1.54, 1.807) is 12.1 Å². The van der Waals surface area contributed by atoms with Gasteiger partial charge in [-0.15, -0.1) is 0 Å². The molecule has 0 spiro atoms. The Morgan fingerprint density at radius 2 is 1.54 bits per heavy atom. The van der Waals surface area contributed by atoms with E-state index >= 15 is 0 Å². The van der Waals surface area contributed by atoms with Crippen LogP contribution in [0.4, 0.5) is 0 Å². The molecule has 1 aliphatic rings. The average Bonchev–Trinajstić information content (AvgIpc) is 2.60. The van der Waals surface area contributed by atoms with Crippen molar-refractivity contribution in [2.45, 2.75) is 71.1 Å². The van der Waals surface area contributed by atoms with Gasteiger partial charge < -0.3 is 5.11 Å². The zero-order valence-electron chi connectivity index (χ0n) is 16.9. The summed E-state index contributed by atoms with van der Waals surface area (Å²) in [4.78, 5) is 0. The molecule has 26 heavy (non-hydrogen) atoms. The summed E-state index contributed by atoms with van der Waals surface area (Å²) in [5.74, 6) is 0.317. The molecule has 3 rings (SSSR count). The molecule has 1 nitrogen and oxygen atoms in total. The number of fused-ring (bicyclic) bond motifs is 1. The first-order chi connectivity index (χ1) is 12.2. The lowest BCUT2D eigenvalue weighted by molar-refractivity contribution is 0.332. The maximum Gasteiger partial charge on any atom is 0.115 e. The Hall–Kier alpha value is -2.02. The van der Waals surface area contributed by atoms with Crippen LogP contribution >= 0.6 is 0 Å². The minimum atomic E-state index is 0.233. The summed E-state index contributed by atoms with van der Waals surface area (Å²) in [6.45, 7) is 11.7. The Kier molecular flexibility index (Phi) is 5.01. The number of benzene rings is 2. The molecule has 1 N–H and O–H groups in total. The van der Waals surface area contributed by atoms with Crippen LogP contribution in [-0.2, 0) is 10.8 Å². The van der Waals surface area contributed by atoms with Crippen molar-refractivity contribution in [3.8, 4) is 5.75 Å². The molecule has 0 saturated heterocycles. The summed E-state index contributed by atoms with van der Waals surface area (Å²) in [6.07, 6.45) is 6.93. The van der Waals surface area contributed by atoms with Crippen molar-refractivity contribution in [1.29, 1.82) is 0 Å². The van der Waals surface area contributed by atoms with Gasteiger partial charge in [0.25, 0.3) is 0 Å². The number of phenols is 1. The monoisotopic (exact) mass is 348 g/mol. The van der Waals surface area contributed by atoms with Crippen molar-refractivity contribution in [1.82, 2.24) is 0 Å². The van der Waals surface area contributed by atoms with E-state index in [9.17, 15) is 5.11 Å². The van der Waals surface area contributed by atoms with Crippen molar-refractivity contribution in [3.05, 3.63) is 64.7 Å². The zero-order valence-corrected chi connectivity index (χ0v) is 16.9. The average molecular weight is 349 g/mol. The Labute approximate surface area is 158 Å². The number of phenolic OH excluding ortho intramolecular Hbond substituents is 1. The largest absolute Gasteiger partial charge is 0.508 e. The van der Waals surface area contributed by atoms with Gasteiger partial charge in [-0.2, -0.15) is 0 Å². The molecule has 0 saturated carbocycles. The quantitative estimate of drug-likeness (QED) is 0.585. The lowest BCUT2D eigenvalue weighted by Crippen LogP contribution is -2.33. The molecule has 138 valence electrons. The molecular formula is C25H32O. The third-order valence-electron chi connectivity index (χ3n) is 5.98. The van der Waals surface area contributed by atoms with Crippen LogP contribution in [0.15, 0.2) is 42.5 Å². The smallest absolute Gasteiger partial charge is 0.115 e. The van der Waals surface area contributed by atoms with Crippen LogP contribution in [0.3, 0.4) is 0 Å². The summed E-state index contributed by atoms with van der Waals surface area (Å²) in [6, 6.07) is 14.6. The van der Waals surface area contributed by atoms with Crippen LogP contribution in [0.5, 0.6) is 5.75 Å². The summed E-state index contributed by atoms with van der Waals surface area (Å²) >= 11 is 0. The lowest BCUT2D eigenvalue weighted by atomic mass is 9.63. The number of hydrogen-bond donors (Lipinski definition) is 1. The molecule has 2 aromatic carbocycles. The van der Waals surface area contributed by atoms with Gasteiger partial charge in [-0.05, 0) is 70.1 Å². The van der Waals surface area contributed by atoms with Gasteiger partial charge in [-0.1, -0.05) is 77.4 Å². The van der Waals surface area contributed by atoms with E-state index in [2.05, 4.69) is 58.9 Å². The van der Waals surface area contributed by atoms with Crippen LogP contribution in [0.2, 0.25) is 0 Å². The van der Waals surface area contributed by atoms with Gasteiger partial charge in [0.15, 0.2) is 0 Å². The minimum absolute atomic E-state index is 0.233. The number of aromatic hydroxyl groups is 1. The predicted molar refractivity (Wildman–Crippen MR) is 113 cm³/mol. The normalized spacial score (nSPS) is 18.4. The Bertz CT molecular complexity index is 807. The highest BCUT2D eigenvalue weighted by molar-refractivity contribution is 5.82. The second kappa shape index (κ2) is 6.95. The van der Waals surface area contributed by atoms with E-state index in [0.717, 1.165) is 18.4 Å². The van der Waals surface area contributed by atoms with Gasteiger partial charge in [0.2, 0.25) is 0 Å². The maximum atomic E-state index is 9.53. The first-order valence-electron chi connectivity index (χ1n) is 9.88. The van der Waals surface area contributed by atoms with Gasteiger partial charge in [-0.3, -0.25) is 0 Å². The molecule has 1 aliphatic carbocycles. The molecule has 0 heterocycles. The predicted octanol–water partition coefficient (Wildman–Crippen LogP) is 7.08. The van der Waals surface area contributed by atoms with Crippen molar-refractivity contribution < 1.29 is 5.11 Å². The number of hydrogen-bond acceptors (Lipinski definition) is 1. The van der Waals surface area contributed by atoms with Gasteiger partial charge in [0.05, 0.1) is 0 Å². The van der Waals surface area contributed by atoms with E-state index in [1.807, 2.05) is 12.1 Å². The fourth-order valence-corrected chi connectivity index (χ4v) is 4.13. The van der Waals surface area contributed by atoms with Crippen molar-refractivity contribution in [2.24, 2.45) is 0 Å². The summed E-state index contributed by atoms with van der Waals surface area (Å²) in [5, 5.41) is 9.53. The Morgan fingerprint density at radius 1 is 0.923 bits per heavy atom. The van der Waals surface area contributed by atoms with E-state index in [-0.39, 0.29) is 10.8 Å². The molecule has 0 atom stereocenters. The molecule has 0 aromatic heterocycles. The van der Waals surface area contributed by atoms with Crippen LogP contribution < -0.4 is 0 Å². The van der Waals surface area contributed by atoms with E-state index in [0.29, 0.717) is 5.75 Å². The molecule has 0 fully saturated rings. The molecule has 2 aromatic rings. The Balaban J connectivity index is 2.07. The maximum absolute atomic E-state index is 9.53. The summed E-state index contributed by atoms with van der Waals surface area (Å²) in [7, 11) is 0. The highest BCUT2D eigenvalue weighted by Crippen LogP contribution is 2.46. The summed E-state index contributed by atoms with van der Waals surface area (Å²) < 4.78 is 0. The topological polar surface area (TPSA) is 20.2 Å². The lowest BCUT2D eigenvalue weighted by Gasteiger charge is -2.42. The van der Waals surface area contributed by atoms with Gasteiger partial charge in [-0.25, -0.2) is 0 Å². The second-order valence-electron chi connectivity index (χ2n) is 9.04. The molecule has 0 unspecified atom stereocenters. The second-order valence-corrected chi connectivity index (χ2v) is 9.04. The highest BCUT2D eigenvalue weighted by atomic mass is 16.3. The van der Waals surface area contributed by atoms with E-state index in [4.69, 9.17) is 0 Å². The molecule has 1 heteroatoms. The Morgan fingerprint density at radius 3 is 2.15 bits per heavy atom.